The quantitative estimate of drug-likeness (QED) is 0.719. The first-order valence-corrected chi connectivity index (χ1v) is 11.1. The van der Waals surface area contributed by atoms with E-state index < -0.39 is 0 Å². The summed E-state index contributed by atoms with van der Waals surface area (Å²) in [5.41, 5.74) is 1.16. The average Bonchev–Trinajstić information content (AvgIpc) is 3.00. The van der Waals surface area contributed by atoms with Crippen LogP contribution >= 0.6 is 23.4 Å². The van der Waals surface area contributed by atoms with Crippen LogP contribution in [-0.4, -0.2) is 28.2 Å². The number of rotatable bonds is 4. The molecule has 0 unspecified atom stereocenters. The van der Waals surface area contributed by atoms with Crippen LogP contribution < -0.4 is 10.6 Å². The van der Waals surface area contributed by atoms with Gasteiger partial charge in [-0.2, -0.15) is 0 Å². The summed E-state index contributed by atoms with van der Waals surface area (Å²) in [6.45, 7) is 0. The van der Waals surface area contributed by atoms with Crippen LogP contribution in [0.15, 0.2) is 27.8 Å². The first-order valence-electron chi connectivity index (χ1n) is 9.77. The Balaban J connectivity index is 1.15. The van der Waals surface area contributed by atoms with Gasteiger partial charge in [-0.25, -0.2) is 9.78 Å². The molecule has 0 atom stereocenters. The second-order valence-corrected chi connectivity index (χ2v) is 9.94. The lowest BCUT2D eigenvalue weighted by Crippen LogP contribution is -2.61. The SMILES string of the molecule is O=C(CSc1nc2ccc(Cl)cc2o1)NC(=O)NC12CC3CC(CC(C3)C1)C2. The topological polar surface area (TPSA) is 84.2 Å². The number of nitrogens with one attached hydrogen (secondary N) is 2. The van der Waals surface area contributed by atoms with Crippen LogP contribution in [0.2, 0.25) is 5.02 Å². The van der Waals surface area contributed by atoms with Crippen LogP contribution in [-0.2, 0) is 4.79 Å². The van der Waals surface area contributed by atoms with Gasteiger partial charge < -0.3 is 9.73 Å². The average molecular weight is 420 g/mol. The maximum Gasteiger partial charge on any atom is 0.321 e. The Kier molecular flexibility index (Phi) is 4.55. The van der Waals surface area contributed by atoms with Crippen molar-refractivity contribution in [3.63, 3.8) is 0 Å². The molecule has 3 amide bonds. The van der Waals surface area contributed by atoms with E-state index in [2.05, 4.69) is 15.6 Å². The van der Waals surface area contributed by atoms with Crippen molar-refractivity contribution in [2.45, 2.75) is 49.3 Å². The molecule has 4 aliphatic carbocycles. The molecule has 1 heterocycles. The highest BCUT2D eigenvalue weighted by Crippen LogP contribution is 2.55. The number of hydrogen-bond donors (Lipinski definition) is 2. The molecule has 6 nitrogen and oxygen atoms in total. The number of thioether (sulfide) groups is 1. The van der Waals surface area contributed by atoms with Crippen LogP contribution in [0.3, 0.4) is 0 Å². The number of amides is 3. The van der Waals surface area contributed by atoms with Crippen LogP contribution in [0.25, 0.3) is 11.1 Å². The molecule has 0 saturated heterocycles. The molecule has 4 aliphatic rings. The van der Waals surface area contributed by atoms with Crippen molar-refractivity contribution in [3.8, 4) is 0 Å². The number of fused-ring (bicyclic) bond motifs is 1. The monoisotopic (exact) mass is 419 g/mol. The molecule has 2 aromatic rings. The molecule has 2 N–H and O–H groups in total. The van der Waals surface area contributed by atoms with E-state index in [0.29, 0.717) is 21.3 Å². The van der Waals surface area contributed by atoms with Gasteiger partial charge in [-0.3, -0.25) is 10.1 Å². The minimum atomic E-state index is -0.378. The highest BCUT2D eigenvalue weighted by molar-refractivity contribution is 7.99. The van der Waals surface area contributed by atoms with Gasteiger partial charge >= 0.3 is 6.03 Å². The number of carbonyl (C=O) groups excluding carboxylic acids is 2. The van der Waals surface area contributed by atoms with Crippen molar-refractivity contribution < 1.29 is 14.0 Å². The van der Waals surface area contributed by atoms with Crippen molar-refractivity contribution >= 4 is 46.4 Å². The third-order valence-corrected chi connectivity index (χ3v) is 7.39. The molecule has 8 heteroatoms. The Morgan fingerprint density at radius 1 is 1.18 bits per heavy atom. The smallest absolute Gasteiger partial charge is 0.321 e. The van der Waals surface area contributed by atoms with Gasteiger partial charge in [-0.15, -0.1) is 0 Å². The van der Waals surface area contributed by atoms with E-state index in [-0.39, 0.29) is 23.2 Å². The lowest BCUT2D eigenvalue weighted by molar-refractivity contribution is -0.117. The Bertz CT molecular complexity index is 909. The second-order valence-electron chi connectivity index (χ2n) is 8.58. The Morgan fingerprint density at radius 2 is 1.86 bits per heavy atom. The third-order valence-electron chi connectivity index (χ3n) is 6.33. The molecular weight excluding hydrogens is 398 g/mol. The summed E-state index contributed by atoms with van der Waals surface area (Å²) < 4.78 is 5.58. The van der Waals surface area contributed by atoms with Gasteiger partial charge in [-0.05, 0) is 68.4 Å². The normalized spacial score (nSPS) is 30.5. The van der Waals surface area contributed by atoms with E-state index in [1.807, 2.05) is 0 Å². The summed E-state index contributed by atoms with van der Waals surface area (Å²) in [5.74, 6) is 1.93. The lowest BCUT2D eigenvalue weighted by atomic mass is 9.53. The van der Waals surface area contributed by atoms with Crippen LogP contribution in [0, 0.1) is 17.8 Å². The molecule has 148 valence electrons. The molecular formula is C20H22ClN3O3S. The van der Waals surface area contributed by atoms with Gasteiger partial charge in [0.2, 0.25) is 5.91 Å². The van der Waals surface area contributed by atoms with E-state index in [4.69, 9.17) is 16.0 Å². The Morgan fingerprint density at radius 3 is 2.54 bits per heavy atom. The lowest BCUT2D eigenvalue weighted by Gasteiger charge is -2.56. The van der Waals surface area contributed by atoms with Crippen molar-refractivity contribution in [1.29, 1.82) is 0 Å². The first kappa shape index (κ1) is 18.3. The zero-order chi connectivity index (χ0) is 19.3. The highest BCUT2D eigenvalue weighted by Gasteiger charge is 2.51. The summed E-state index contributed by atoms with van der Waals surface area (Å²) in [4.78, 5) is 28.9. The number of nitrogens with zero attached hydrogens (tertiary/aromatic N) is 1. The Hall–Kier alpha value is -1.73. The van der Waals surface area contributed by atoms with Crippen molar-refractivity contribution in [3.05, 3.63) is 23.2 Å². The van der Waals surface area contributed by atoms with Gasteiger partial charge in [-0.1, -0.05) is 23.4 Å². The molecule has 0 radical (unpaired) electrons. The number of urea groups is 1. The fourth-order valence-electron chi connectivity index (χ4n) is 5.76. The molecule has 0 aliphatic heterocycles. The molecule has 0 spiro atoms. The number of halogens is 1. The summed E-state index contributed by atoms with van der Waals surface area (Å²) in [6, 6.07) is 4.82. The number of oxazole rings is 1. The third kappa shape index (κ3) is 3.62. The van der Waals surface area contributed by atoms with E-state index in [1.54, 1.807) is 18.2 Å². The predicted octanol–water partition coefficient (Wildman–Crippen LogP) is 4.37. The number of aromatic nitrogens is 1. The fraction of sp³-hybridized carbons (Fsp3) is 0.550. The van der Waals surface area contributed by atoms with Crippen molar-refractivity contribution in [2.75, 3.05) is 5.75 Å². The molecule has 4 saturated carbocycles. The minimum absolute atomic E-state index is 0.0643. The first-order chi connectivity index (χ1) is 13.5. The van der Waals surface area contributed by atoms with Gasteiger partial charge in [0, 0.05) is 16.6 Å². The number of hydrogen-bond acceptors (Lipinski definition) is 5. The Labute approximate surface area is 172 Å². The fourth-order valence-corrected chi connectivity index (χ4v) is 6.57. The molecule has 4 bridgehead atoms. The molecule has 1 aromatic carbocycles. The summed E-state index contributed by atoms with van der Waals surface area (Å²) in [6.07, 6.45) is 7.11. The number of benzene rings is 1. The van der Waals surface area contributed by atoms with Gasteiger partial charge in [0.1, 0.15) is 5.52 Å². The minimum Gasteiger partial charge on any atom is -0.431 e. The second kappa shape index (κ2) is 6.95. The van der Waals surface area contributed by atoms with Crippen molar-refractivity contribution in [2.24, 2.45) is 17.8 Å². The van der Waals surface area contributed by atoms with Crippen LogP contribution in [0.4, 0.5) is 4.79 Å². The number of imide groups is 1. The zero-order valence-corrected chi connectivity index (χ0v) is 16.9. The van der Waals surface area contributed by atoms with Crippen LogP contribution in [0.1, 0.15) is 38.5 Å². The van der Waals surface area contributed by atoms with E-state index in [0.717, 1.165) is 48.8 Å². The van der Waals surface area contributed by atoms with Crippen molar-refractivity contribution in [1.82, 2.24) is 15.6 Å². The molecule has 28 heavy (non-hydrogen) atoms. The van der Waals surface area contributed by atoms with Gasteiger partial charge in [0.05, 0.1) is 5.75 Å². The van der Waals surface area contributed by atoms with Gasteiger partial charge in [0.25, 0.3) is 5.22 Å². The predicted molar refractivity (Wildman–Crippen MR) is 107 cm³/mol. The summed E-state index contributed by atoms with van der Waals surface area (Å²) >= 11 is 7.10. The molecule has 1 aromatic heterocycles. The summed E-state index contributed by atoms with van der Waals surface area (Å²) in [5, 5.41) is 6.57. The highest BCUT2D eigenvalue weighted by atomic mass is 35.5. The van der Waals surface area contributed by atoms with Crippen LogP contribution in [0.5, 0.6) is 0 Å². The summed E-state index contributed by atoms with van der Waals surface area (Å²) in [7, 11) is 0. The zero-order valence-electron chi connectivity index (χ0n) is 15.4. The molecule has 6 rings (SSSR count). The van der Waals surface area contributed by atoms with E-state index in [1.165, 1.54) is 19.3 Å². The maximum absolute atomic E-state index is 12.4. The van der Waals surface area contributed by atoms with E-state index >= 15 is 0 Å². The number of carbonyl (C=O) groups is 2. The van der Waals surface area contributed by atoms with E-state index in [9.17, 15) is 9.59 Å². The molecule has 4 fully saturated rings. The standard InChI is InChI=1S/C20H22ClN3O3S/c21-14-1-2-15-16(6-14)27-19(22-15)28-10-17(25)23-18(26)24-20-7-11-3-12(8-20)5-13(4-11)9-20/h1-2,6,11-13H,3-5,7-10H2,(H2,23,24,25,26). The van der Waals surface area contributed by atoms with Gasteiger partial charge in [0.15, 0.2) is 5.58 Å². The maximum atomic E-state index is 12.4. The largest absolute Gasteiger partial charge is 0.431 e.